The van der Waals surface area contributed by atoms with E-state index in [9.17, 15) is 4.39 Å². The van der Waals surface area contributed by atoms with Crippen molar-refractivity contribution >= 4 is 0 Å². The first-order valence-electron chi connectivity index (χ1n) is 3.66. The van der Waals surface area contributed by atoms with Crippen molar-refractivity contribution in [2.45, 2.75) is 38.4 Å². The molecule has 1 atom stereocenters. The van der Waals surface area contributed by atoms with Gasteiger partial charge in [-0.25, -0.2) is 10.1 Å². The number of halogens is 1. The van der Waals surface area contributed by atoms with Crippen LogP contribution < -0.4 is 5.73 Å². The SMILES string of the molecule is [NH]C(F)C1CCCCC1. The minimum atomic E-state index is -1.31. The normalized spacial score (nSPS) is 26.0. The summed E-state index contributed by atoms with van der Waals surface area (Å²) in [6.07, 6.45) is 4.05. The topological polar surface area (TPSA) is 23.8 Å². The summed E-state index contributed by atoms with van der Waals surface area (Å²) in [4.78, 5) is 0. The maximum atomic E-state index is 12.3. The van der Waals surface area contributed by atoms with E-state index >= 15 is 0 Å². The number of nitrogens with one attached hydrogen (secondary N) is 1. The van der Waals surface area contributed by atoms with Crippen molar-refractivity contribution in [1.82, 2.24) is 5.73 Å². The van der Waals surface area contributed by atoms with Gasteiger partial charge in [-0.1, -0.05) is 19.3 Å². The molecule has 0 aliphatic heterocycles. The Morgan fingerprint density at radius 3 is 2.11 bits per heavy atom. The highest BCUT2D eigenvalue weighted by Gasteiger charge is 2.19. The monoisotopic (exact) mass is 130 g/mol. The second kappa shape index (κ2) is 3.16. The highest BCUT2D eigenvalue weighted by Crippen LogP contribution is 2.26. The van der Waals surface area contributed by atoms with Crippen LogP contribution in [0.4, 0.5) is 4.39 Å². The largest absolute Gasteiger partial charge is 0.229 e. The average molecular weight is 130 g/mol. The first kappa shape index (κ1) is 7.00. The zero-order valence-corrected chi connectivity index (χ0v) is 5.57. The van der Waals surface area contributed by atoms with Crippen LogP contribution in [0.2, 0.25) is 0 Å². The van der Waals surface area contributed by atoms with Gasteiger partial charge in [-0.05, 0) is 12.8 Å². The molecule has 0 bridgehead atoms. The molecule has 1 nitrogen and oxygen atoms in total. The van der Waals surface area contributed by atoms with Crippen molar-refractivity contribution in [3.63, 3.8) is 0 Å². The van der Waals surface area contributed by atoms with E-state index in [-0.39, 0.29) is 5.92 Å². The quantitative estimate of drug-likeness (QED) is 0.486. The summed E-state index contributed by atoms with van der Waals surface area (Å²) in [5, 5.41) is 0. The second-order valence-electron chi connectivity index (χ2n) is 2.80. The minimum absolute atomic E-state index is 0.0544. The summed E-state index contributed by atoms with van der Waals surface area (Å²) >= 11 is 0. The van der Waals surface area contributed by atoms with Crippen LogP contribution in [-0.4, -0.2) is 6.30 Å². The predicted octanol–water partition coefficient (Wildman–Crippen LogP) is 2.15. The van der Waals surface area contributed by atoms with E-state index in [0.717, 1.165) is 25.7 Å². The lowest BCUT2D eigenvalue weighted by Crippen LogP contribution is -2.19. The van der Waals surface area contributed by atoms with Gasteiger partial charge in [0.15, 0.2) is 6.30 Å². The Morgan fingerprint density at radius 1 is 1.22 bits per heavy atom. The van der Waals surface area contributed by atoms with Gasteiger partial charge in [0.1, 0.15) is 0 Å². The summed E-state index contributed by atoms with van der Waals surface area (Å²) in [6.45, 7) is 0. The van der Waals surface area contributed by atoms with Crippen LogP contribution in [0.25, 0.3) is 0 Å². The van der Waals surface area contributed by atoms with E-state index in [1.807, 2.05) is 0 Å². The molecule has 1 saturated carbocycles. The van der Waals surface area contributed by atoms with Crippen LogP contribution in [-0.2, 0) is 0 Å². The number of hydrogen-bond donors (Lipinski definition) is 0. The molecule has 1 radical (unpaired) electrons. The lowest BCUT2D eigenvalue weighted by atomic mass is 9.89. The van der Waals surface area contributed by atoms with Gasteiger partial charge < -0.3 is 0 Å². The molecule has 2 heteroatoms. The molecule has 0 aromatic carbocycles. The number of rotatable bonds is 1. The maximum Gasteiger partial charge on any atom is 0.166 e. The first-order valence-corrected chi connectivity index (χ1v) is 3.66. The molecule has 0 spiro atoms. The third kappa shape index (κ3) is 1.94. The Bertz CT molecular complexity index is 77.0. The van der Waals surface area contributed by atoms with Crippen molar-refractivity contribution in [1.29, 1.82) is 0 Å². The Hall–Kier alpha value is -0.110. The van der Waals surface area contributed by atoms with Crippen LogP contribution in [0.5, 0.6) is 0 Å². The molecule has 0 amide bonds. The molecule has 0 saturated heterocycles. The zero-order chi connectivity index (χ0) is 6.69. The molecular formula is C7H13FN. The van der Waals surface area contributed by atoms with E-state index in [2.05, 4.69) is 0 Å². The van der Waals surface area contributed by atoms with Gasteiger partial charge in [0.05, 0.1) is 0 Å². The molecule has 1 aliphatic rings. The number of alkyl halides is 1. The van der Waals surface area contributed by atoms with E-state index in [1.54, 1.807) is 0 Å². The summed E-state index contributed by atoms with van der Waals surface area (Å²) in [6, 6.07) is 0. The molecule has 53 valence electrons. The van der Waals surface area contributed by atoms with Gasteiger partial charge in [-0.3, -0.25) is 0 Å². The van der Waals surface area contributed by atoms with Gasteiger partial charge in [0.25, 0.3) is 0 Å². The van der Waals surface area contributed by atoms with Gasteiger partial charge in [0, 0.05) is 5.92 Å². The fraction of sp³-hybridized carbons (Fsp3) is 1.00. The minimum Gasteiger partial charge on any atom is -0.229 e. The molecule has 0 heterocycles. The van der Waals surface area contributed by atoms with Crippen molar-refractivity contribution in [3.05, 3.63) is 0 Å². The Labute approximate surface area is 55.4 Å². The lowest BCUT2D eigenvalue weighted by Gasteiger charge is -2.21. The third-order valence-electron chi connectivity index (χ3n) is 2.06. The highest BCUT2D eigenvalue weighted by molar-refractivity contribution is 4.68. The average Bonchev–Trinajstić information content (AvgIpc) is 1.90. The highest BCUT2D eigenvalue weighted by atomic mass is 19.1. The van der Waals surface area contributed by atoms with Crippen molar-refractivity contribution < 1.29 is 4.39 Å². The van der Waals surface area contributed by atoms with Gasteiger partial charge >= 0.3 is 0 Å². The maximum absolute atomic E-state index is 12.3. The van der Waals surface area contributed by atoms with Crippen LogP contribution in [0.3, 0.4) is 0 Å². The Balaban J connectivity index is 2.23. The fourth-order valence-electron chi connectivity index (χ4n) is 1.43. The molecule has 0 aromatic heterocycles. The summed E-state index contributed by atoms with van der Waals surface area (Å²) in [5.74, 6) is 0.0544. The van der Waals surface area contributed by atoms with Crippen molar-refractivity contribution in [2.75, 3.05) is 0 Å². The summed E-state index contributed by atoms with van der Waals surface area (Å²) in [5.41, 5.74) is 6.81. The molecule has 1 rings (SSSR count). The molecule has 1 fully saturated rings. The molecule has 1 N–H and O–H groups in total. The van der Waals surface area contributed by atoms with Crippen LogP contribution in [0, 0.1) is 5.92 Å². The van der Waals surface area contributed by atoms with Crippen LogP contribution >= 0.6 is 0 Å². The molecule has 0 aromatic rings. The van der Waals surface area contributed by atoms with Crippen LogP contribution in [0.15, 0.2) is 0 Å². The smallest absolute Gasteiger partial charge is 0.166 e. The predicted molar refractivity (Wildman–Crippen MR) is 34.6 cm³/mol. The van der Waals surface area contributed by atoms with E-state index in [1.165, 1.54) is 6.42 Å². The lowest BCUT2D eigenvalue weighted by molar-refractivity contribution is 0.180. The van der Waals surface area contributed by atoms with E-state index in [0.29, 0.717) is 0 Å². The van der Waals surface area contributed by atoms with Gasteiger partial charge in [0.2, 0.25) is 0 Å². The van der Waals surface area contributed by atoms with Gasteiger partial charge in [-0.15, -0.1) is 0 Å². The van der Waals surface area contributed by atoms with Gasteiger partial charge in [-0.2, -0.15) is 0 Å². The third-order valence-corrected chi connectivity index (χ3v) is 2.06. The second-order valence-corrected chi connectivity index (χ2v) is 2.80. The van der Waals surface area contributed by atoms with E-state index < -0.39 is 6.30 Å². The van der Waals surface area contributed by atoms with Crippen LogP contribution in [0.1, 0.15) is 32.1 Å². The van der Waals surface area contributed by atoms with Crippen molar-refractivity contribution in [3.8, 4) is 0 Å². The van der Waals surface area contributed by atoms with E-state index in [4.69, 9.17) is 5.73 Å². The molecule has 9 heavy (non-hydrogen) atoms. The molecular weight excluding hydrogens is 117 g/mol. The standard InChI is InChI=1S/C7H13FN/c8-7(9)6-4-2-1-3-5-6/h6-7,9H,1-5H2. The summed E-state index contributed by atoms with van der Waals surface area (Å²) < 4.78 is 12.3. The summed E-state index contributed by atoms with van der Waals surface area (Å²) in [7, 11) is 0. The number of hydrogen-bond acceptors (Lipinski definition) is 0. The Morgan fingerprint density at radius 2 is 1.78 bits per heavy atom. The zero-order valence-electron chi connectivity index (χ0n) is 5.57. The fourth-order valence-corrected chi connectivity index (χ4v) is 1.43. The van der Waals surface area contributed by atoms with Crippen molar-refractivity contribution in [2.24, 2.45) is 5.92 Å². The first-order chi connectivity index (χ1) is 4.30. The Kier molecular flexibility index (Phi) is 2.46. The molecule has 1 unspecified atom stereocenters. The molecule has 1 aliphatic carbocycles.